The molecule has 1 saturated heterocycles. The van der Waals surface area contributed by atoms with Crippen LogP contribution in [0.1, 0.15) is 24.3 Å². The number of carbonyl (C=O) groups is 2. The molecule has 0 radical (unpaired) electrons. The summed E-state index contributed by atoms with van der Waals surface area (Å²) in [6.07, 6.45) is 2.68. The van der Waals surface area contributed by atoms with Crippen molar-refractivity contribution in [1.29, 1.82) is 0 Å². The van der Waals surface area contributed by atoms with Gasteiger partial charge in [-0.3, -0.25) is 19.3 Å². The van der Waals surface area contributed by atoms with Crippen LogP contribution in [0.4, 0.5) is 0 Å². The fourth-order valence-electron chi connectivity index (χ4n) is 2.17. The Kier molecular flexibility index (Phi) is 2.62. The van der Waals surface area contributed by atoms with Gasteiger partial charge >= 0.3 is 0 Å². The second kappa shape index (κ2) is 4.16. The zero-order valence-electron chi connectivity index (χ0n) is 9.26. The van der Waals surface area contributed by atoms with E-state index in [0.717, 1.165) is 5.56 Å². The number of nitrogens with zero attached hydrogens (tertiary/aromatic N) is 3. The third-order valence-electron chi connectivity index (χ3n) is 3.04. The highest BCUT2D eigenvalue weighted by Gasteiger charge is 2.30. The lowest BCUT2D eigenvalue weighted by molar-refractivity contribution is -0.134. The maximum absolute atomic E-state index is 11.9. The summed E-state index contributed by atoms with van der Waals surface area (Å²) >= 11 is 3.28. The standard InChI is InChI=1S/C11H9BrN4O2/c12-11-15-14-9-6(2-1-5-16(9)11)7-3-4-8(17)13-10(7)18/h1-2,5,7H,3-4H2,(H,13,17,18). The normalized spacial score (nSPS) is 20.2. The van der Waals surface area contributed by atoms with Gasteiger partial charge in [-0.1, -0.05) is 6.07 Å². The molecule has 1 aliphatic rings. The minimum absolute atomic E-state index is 0.217. The Morgan fingerprint density at radius 2 is 2.22 bits per heavy atom. The molecular formula is C11H9BrN4O2. The van der Waals surface area contributed by atoms with E-state index in [1.807, 2.05) is 18.3 Å². The third-order valence-corrected chi connectivity index (χ3v) is 3.58. The summed E-state index contributed by atoms with van der Waals surface area (Å²) in [6.45, 7) is 0. The van der Waals surface area contributed by atoms with Gasteiger partial charge in [0.15, 0.2) is 5.65 Å². The number of piperidine rings is 1. The van der Waals surface area contributed by atoms with Crippen molar-refractivity contribution in [3.8, 4) is 0 Å². The summed E-state index contributed by atoms with van der Waals surface area (Å²) in [6, 6.07) is 3.68. The zero-order valence-corrected chi connectivity index (χ0v) is 10.8. The van der Waals surface area contributed by atoms with Crippen LogP contribution in [0.2, 0.25) is 0 Å². The van der Waals surface area contributed by atoms with Gasteiger partial charge in [-0.15, -0.1) is 10.2 Å². The molecule has 7 heteroatoms. The smallest absolute Gasteiger partial charge is 0.234 e. The molecule has 1 atom stereocenters. The quantitative estimate of drug-likeness (QED) is 0.798. The number of carbonyl (C=O) groups excluding carboxylic acids is 2. The van der Waals surface area contributed by atoms with Gasteiger partial charge in [0.1, 0.15) is 0 Å². The maximum Gasteiger partial charge on any atom is 0.234 e. The van der Waals surface area contributed by atoms with Crippen molar-refractivity contribution in [2.24, 2.45) is 0 Å². The van der Waals surface area contributed by atoms with E-state index in [0.29, 0.717) is 23.2 Å². The number of halogens is 1. The lowest BCUT2D eigenvalue weighted by Gasteiger charge is -2.21. The van der Waals surface area contributed by atoms with Crippen LogP contribution in [0.3, 0.4) is 0 Å². The van der Waals surface area contributed by atoms with Gasteiger partial charge < -0.3 is 0 Å². The molecule has 0 aromatic carbocycles. The highest BCUT2D eigenvalue weighted by atomic mass is 79.9. The lowest BCUT2D eigenvalue weighted by atomic mass is 9.91. The summed E-state index contributed by atoms with van der Waals surface area (Å²) < 4.78 is 2.35. The van der Waals surface area contributed by atoms with E-state index in [9.17, 15) is 9.59 Å². The van der Waals surface area contributed by atoms with Crippen molar-refractivity contribution in [1.82, 2.24) is 19.9 Å². The van der Waals surface area contributed by atoms with E-state index in [2.05, 4.69) is 31.4 Å². The molecule has 0 saturated carbocycles. The maximum atomic E-state index is 11.9. The SMILES string of the molecule is O=C1CCC(c2cccn3c(Br)nnc23)C(=O)N1. The summed E-state index contributed by atoms with van der Waals surface area (Å²) in [7, 11) is 0. The minimum Gasteiger partial charge on any atom is -0.296 e. The van der Waals surface area contributed by atoms with Crippen molar-refractivity contribution < 1.29 is 9.59 Å². The number of fused-ring (bicyclic) bond motifs is 1. The second-order valence-corrected chi connectivity index (χ2v) is 4.84. The minimum atomic E-state index is -0.345. The van der Waals surface area contributed by atoms with Crippen molar-refractivity contribution >= 4 is 33.4 Å². The van der Waals surface area contributed by atoms with Crippen LogP contribution >= 0.6 is 15.9 Å². The van der Waals surface area contributed by atoms with Gasteiger partial charge in [-0.25, -0.2) is 0 Å². The second-order valence-electron chi connectivity index (χ2n) is 4.13. The highest BCUT2D eigenvalue weighted by molar-refractivity contribution is 9.10. The van der Waals surface area contributed by atoms with Crippen LogP contribution < -0.4 is 5.32 Å². The number of imide groups is 1. The fraction of sp³-hybridized carbons (Fsp3) is 0.273. The van der Waals surface area contributed by atoms with Crippen molar-refractivity contribution in [3.05, 3.63) is 28.6 Å². The Morgan fingerprint density at radius 3 is 3.00 bits per heavy atom. The Labute approximate surface area is 111 Å². The van der Waals surface area contributed by atoms with Gasteiger partial charge in [-0.05, 0) is 28.4 Å². The van der Waals surface area contributed by atoms with E-state index in [-0.39, 0.29) is 17.7 Å². The van der Waals surface area contributed by atoms with E-state index in [1.54, 1.807) is 4.40 Å². The number of rotatable bonds is 1. The van der Waals surface area contributed by atoms with Crippen molar-refractivity contribution in [2.75, 3.05) is 0 Å². The summed E-state index contributed by atoms with van der Waals surface area (Å²) in [5, 5.41) is 10.3. The first kappa shape index (κ1) is 11.3. The van der Waals surface area contributed by atoms with Crippen LogP contribution in [0.15, 0.2) is 23.1 Å². The molecule has 2 aromatic heterocycles. The molecular weight excluding hydrogens is 300 g/mol. The average Bonchev–Trinajstić information content (AvgIpc) is 2.72. The summed E-state index contributed by atoms with van der Waals surface area (Å²) in [4.78, 5) is 23.0. The first-order valence-corrected chi connectivity index (χ1v) is 6.29. The van der Waals surface area contributed by atoms with Crippen LogP contribution in [0, 0.1) is 0 Å². The number of amides is 2. The summed E-state index contributed by atoms with van der Waals surface area (Å²) in [5.41, 5.74) is 1.43. The predicted octanol–water partition coefficient (Wildman–Crippen LogP) is 1.01. The molecule has 6 nitrogen and oxygen atoms in total. The van der Waals surface area contributed by atoms with Gasteiger partial charge in [0, 0.05) is 18.2 Å². The van der Waals surface area contributed by atoms with E-state index in [1.165, 1.54) is 0 Å². The van der Waals surface area contributed by atoms with Gasteiger partial charge in [-0.2, -0.15) is 0 Å². The number of hydrogen-bond acceptors (Lipinski definition) is 4. The van der Waals surface area contributed by atoms with Gasteiger partial charge in [0.2, 0.25) is 16.5 Å². The average molecular weight is 309 g/mol. The van der Waals surface area contributed by atoms with Crippen LogP contribution in [0.25, 0.3) is 5.65 Å². The van der Waals surface area contributed by atoms with E-state index < -0.39 is 0 Å². The Balaban J connectivity index is 2.09. The molecule has 92 valence electrons. The number of hydrogen-bond donors (Lipinski definition) is 1. The molecule has 2 amide bonds. The molecule has 1 N–H and O–H groups in total. The molecule has 1 fully saturated rings. The number of pyridine rings is 1. The Hall–Kier alpha value is -1.76. The molecule has 18 heavy (non-hydrogen) atoms. The number of nitrogens with one attached hydrogen (secondary N) is 1. The van der Waals surface area contributed by atoms with Crippen LogP contribution in [-0.2, 0) is 9.59 Å². The van der Waals surface area contributed by atoms with Gasteiger partial charge in [0.25, 0.3) is 0 Å². The number of aromatic nitrogens is 3. The Bertz CT molecular complexity index is 652. The highest BCUT2D eigenvalue weighted by Crippen LogP contribution is 2.28. The van der Waals surface area contributed by atoms with Crippen molar-refractivity contribution in [3.63, 3.8) is 0 Å². The fourth-order valence-corrected chi connectivity index (χ4v) is 2.54. The molecule has 3 heterocycles. The lowest BCUT2D eigenvalue weighted by Crippen LogP contribution is -2.39. The largest absolute Gasteiger partial charge is 0.296 e. The van der Waals surface area contributed by atoms with Crippen LogP contribution in [-0.4, -0.2) is 26.4 Å². The van der Waals surface area contributed by atoms with Crippen LogP contribution in [0.5, 0.6) is 0 Å². The van der Waals surface area contributed by atoms with E-state index in [4.69, 9.17) is 0 Å². The molecule has 0 aliphatic carbocycles. The molecule has 3 rings (SSSR count). The van der Waals surface area contributed by atoms with Gasteiger partial charge in [0.05, 0.1) is 5.92 Å². The topological polar surface area (TPSA) is 76.4 Å². The van der Waals surface area contributed by atoms with E-state index >= 15 is 0 Å². The molecule has 1 aliphatic heterocycles. The van der Waals surface area contributed by atoms with Crippen molar-refractivity contribution in [2.45, 2.75) is 18.8 Å². The third kappa shape index (κ3) is 1.71. The molecule has 0 spiro atoms. The Morgan fingerprint density at radius 1 is 1.39 bits per heavy atom. The molecule has 2 aromatic rings. The first-order valence-electron chi connectivity index (χ1n) is 5.49. The monoisotopic (exact) mass is 308 g/mol. The summed E-state index contributed by atoms with van der Waals surface area (Å²) in [5.74, 6) is -0.827. The molecule has 0 bridgehead atoms. The first-order chi connectivity index (χ1) is 8.66. The predicted molar refractivity (Wildman–Crippen MR) is 65.8 cm³/mol. The molecule has 1 unspecified atom stereocenters. The zero-order chi connectivity index (χ0) is 12.7.